The monoisotopic (exact) mass is 447 g/mol. The van der Waals surface area contributed by atoms with Crippen LogP contribution in [0.3, 0.4) is 0 Å². The van der Waals surface area contributed by atoms with Gasteiger partial charge >= 0.3 is 5.97 Å². The lowest BCUT2D eigenvalue weighted by atomic mass is 9.93. The molecule has 0 bridgehead atoms. The van der Waals surface area contributed by atoms with Crippen LogP contribution in [0.25, 0.3) is 0 Å². The Bertz CT molecular complexity index is 1090. The minimum Gasteiger partial charge on any atom is -0.466 e. The predicted octanol–water partition coefficient (Wildman–Crippen LogP) is 4.53. The van der Waals surface area contributed by atoms with E-state index in [2.05, 4.69) is 5.32 Å². The van der Waals surface area contributed by atoms with Gasteiger partial charge in [-0.1, -0.05) is 79.3 Å². The first-order valence-corrected chi connectivity index (χ1v) is 11.4. The van der Waals surface area contributed by atoms with Gasteiger partial charge in [-0.25, -0.2) is 9.79 Å². The Labute approximate surface area is 192 Å². The number of benzene rings is 2. The summed E-state index contributed by atoms with van der Waals surface area (Å²) < 4.78 is 5.13. The van der Waals surface area contributed by atoms with E-state index in [4.69, 9.17) is 9.73 Å². The third-order valence-corrected chi connectivity index (χ3v) is 6.31. The first-order valence-electron chi connectivity index (χ1n) is 10.5. The zero-order valence-electron chi connectivity index (χ0n) is 18.1. The summed E-state index contributed by atoms with van der Waals surface area (Å²) in [7, 11) is 1.39. The van der Waals surface area contributed by atoms with Crippen LogP contribution in [0.2, 0.25) is 0 Å². The number of aliphatic imine (C=N–C) groups is 1. The Hall–Kier alpha value is -3.32. The molecule has 2 aromatic carbocycles. The number of methoxy groups -OCH3 is 1. The van der Waals surface area contributed by atoms with Crippen molar-refractivity contribution in [1.29, 1.82) is 0 Å². The number of amidine groups is 1. The van der Waals surface area contributed by atoms with Gasteiger partial charge in [-0.2, -0.15) is 0 Å². The molecule has 2 aromatic rings. The first kappa shape index (κ1) is 21.9. The smallest absolute Gasteiger partial charge is 0.338 e. The summed E-state index contributed by atoms with van der Waals surface area (Å²) in [5, 5.41) is 5.70. The molecule has 0 aliphatic carbocycles. The minimum absolute atomic E-state index is 0.0846. The highest BCUT2D eigenvalue weighted by atomic mass is 32.2. The number of carbonyl (C=O) groups excluding carboxylic acids is 2. The number of ether oxygens (including phenoxy) is 1. The fraction of sp³-hybridized carbons (Fsp3) is 0.240. The molecule has 0 aromatic heterocycles. The highest BCUT2D eigenvalue weighted by molar-refractivity contribution is 8.16. The molecule has 1 atom stereocenters. The van der Waals surface area contributed by atoms with E-state index in [9.17, 15) is 9.59 Å². The molecule has 0 radical (unpaired) electrons. The van der Waals surface area contributed by atoms with Gasteiger partial charge in [0.25, 0.3) is 0 Å². The molecule has 164 valence electrons. The van der Waals surface area contributed by atoms with E-state index < -0.39 is 12.0 Å². The third-order valence-electron chi connectivity index (χ3n) is 5.42. The van der Waals surface area contributed by atoms with Crippen molar-refractivity contribution in [1.82, 2.24) is 10.2 Å². The Kier molecular flexibility index (Phi) is 6.75. The van der Waals surface area contributed by atoms with Crippen LogP contribution >= 0.6 is 11.8 Å². The minimum atomic E-state index is -0.400. The fourth-order valence-corrected chi connectivity index (χ4v) is 4.82. The maximum absolute atomic E-state index is 12.8. The predicted molar refractivity (Wildman–Crippen MR) is 126 cm³/mol. The van der Waals surface area contributed by atoms with Crippen molar-refractivity contribution < 1.29 is 14.3 Å². The Morgan fingerprint density at radius 3 is 2.44 bits per heavy atom. The topological polar surface area (TPSA) is 71.0 Å². The molecule has 2 heterocycles. The molecule has 1 N–H and O–H groups in total. The second kappa shape index (κ2) is 9.87. The average Bonchev–Trinajstić information content (AvgIpc) is 3.24. The SMILES string of the molecule is CCC1=C(C(=O)OC)[C@@H](c2ccccc2)N2C(CC(=O)NCc3ccccc3)=CSC2=N1. The summed E-state index contributed by atoms with van der Waals surface area (Å²) >= 11 is 1.48. The van der Waals surface area contributed by atoms with Crippen LogP contribution in [0.5, 0.6) is 0 Å². The van der Waals surface area contributed by atoms with E-state index in [1.807, 2.05) is 77.9 Å². The Balaban J connectivity index is 1.61. The lowest BCUT2D eigenvalue weighted by Crippen LogP contribution is -2.38. The summed E-state index contributed by atoms with van der Waals surface area (Å²) in [6, 6.07) is 19.2. The highest BCUT2D eigenvalue weighted by Crippen LogP contribution is 2.45. The first-order chi connectivity index (χ1) is 15.6. The second-order valence-electron chi connectivity index (χ2n) is 7.45. The van der Waals surface area contributed by atoms with Gasteiger partial charge in [0.1, 0.15) is 0 Å². The molecule has 2 aliphatic rings. The van der Waals surface area contributed by atoms with Gasteiger partial charge in [0.2, 0.25) is 5.91 Å². The maximum Gasteiger partial charge on any atom is 0.338 e. The molecule has 0 spiro atoms. The quantitative estimate of drug-likeness (QED) is 0.632. The largest absolute Gasteiger partial charge is 0.466 e. The molecular formula is C25H25N3O3S. The second-order valence-corrected chi connectivity index (χ2v) is 8.29. The van der Waals surface area contributed by atoms with Crippen LogP contribution in [0, 0.1) is 0 Å². The number of carbonyl (C=O) groups is 2. The number of rotatable bonds is 7. The molecule has 2 aliphatic heterocycles. The van der Waals surface area contributed by atoms with Crippen LogP contribution in [0.1, 0.15) is 36.9 Å². The Morgan fingerprint density at radius 1 is 1.09 bits per heavy atom. The summed E-state index contributed by atoms with van der Waals surface area (Å²) in [6.07, 6.45) is 0.802. The van der Waals surface area contributed by atoms with E-state index in [1.165, 1.54) is 18.9 Å². The van der Waals surface area contributed by atoms with Crippen molar-refractivity contribution in [2.75, 3.05) is 7.11 Å². The zero-order valence-corrected chi connectivity index (χ0v) is 18.9. The molecule has 0 fully saturated rings. The zero-order chi connectivity index (χ0) is 22.5. The van der Waals surface area contributed by atoms with E-state index in [-0.39, 0.29) is 12.3 Å². The standard InChI is InChI=1S/C25H25N3O3S/c1-3-20-22(24(30)31-2)23(18-12-8-5-9-13-18)28-19(16-32-25(28)27-20)14-21(29)26-15-17-10-6-4-7-11-17/h4-13,16,23H,3,14-15H2,1-2H3,(H,26,29)/t23-/m1/s1. The van der Waals surface area contributed by atoms with Crippen molar-refractivity contribution in [2.45, 2.75) is 32.4 Å². The lowest BCUT2D eigenvalue weighted by molar-refractivity contribution is -0.136. The van der Waals surface area contributed by atoms with Gasteiger partial charge in [-0.3, -0.25) is 4.79 Å². The van der Waals surface area contributed by atoms with E-state index in [0.717, 1.165) is 22.0 Å². The van der Waals surface area contributed by atoms with Gasteiger partial charge in [0.15, 0.2) is 5.17 Å². The molecular weight excluding hydrogens is 422 g/mol. The number of hydrogen-bond donors (Lipinski definition) is 1. The number of esters is 1. The number of thioether (sulfide) groups is 1. The number of allylic oxidation sites excluding steroid dienone is 1. The van der Waals surface area contributed by atoms with E-state index in [1.54, 1.807) is 0 Å². The summed E-state index contributed by atoms with van der Waals surface area (Å²) in [5.74, 6) is -0.484. The van der Waals surface area contributed by atoms with E-state index >= 15 is 0 Å². The van der Waals surface area contributed by atoms with Gasteiger partial charge in [0.05, 0.1) is 30.8 Å². The van der Waals surface area contributed by atoms with Gasteiger partial charge in [-0.05, 0) is 23.0 Å². The van der Waals surface area contributed by atoms with Crippen molar-refractivity contribution in [3.05, 3.63) is 94.2 Å². The van der Waals surface area contributed by atoms with Crippen LogP contribution < -0.4 is 5.32 Å². The molecule has 1 amide bonds. The number of hydrogen-bond acceptors (Lipinski definition) is 6. The van der Waals surface area contributed by atoms with Crippen molar-refractivity contribution in [3.63, 3.8) is 0 Å². The molecule has 4 rings (SSSR count). The normalized spacial score (nSPS) is 17.4. The van der Waals surface area contributed by atoms with Gasteiger partial charge < -0.3 is 15.0 Å². The van der Waals surface area contributed by atoms with Crippen LogP contribution in [0.15, 0.2) is 88.0 Å². The van der Waals surface area contributed by atoms with Crippen molar-refractivity contribution in [3.8, 4) is 0 Å². The molecule has 7 heteroatoms. The van der Waals surface area contributed by atoms with Crippen LogP contribution in [-0.2, 0) is 20.9 Å². The van der Waals surface area contributed by atoms with Crippen LogP contribution in [0.4, 0.5) is 0 Å². The molecule has 0 unspecified atom stereocenters. The maximum atomic E-state index is 12.8. The number of nitrogens with zero attached hydrogens (tertiary/aromatic N) is 2. The molecule has 32 heavy (non-hydrogen) atoms. The van der Waals surface area contributed by atoms with Gasteiger partial charge in [-0.15, -0.1) is 0 Å². The van der Waals surface area contributed by atoms with Crippen LogP contribution in [-0.4, -0.2) is 29.1 Å². The van der Waals surface area contributed by atoms with Gasteiger partial charge in [0, 0.05) is 12.2 Å². The Morgan fingerprint density at radius 2 is 1.78 bits per heavy atom. The summed E-state index contributed by atoms with van der Waals surface area (Å²) in [6.45, 7) is 2.45. The lowest BCUT2D eigenvalue weighted by Gasteiger charge is -2.36. The molecule has 0 saturated carbocycles. The summed E-state index contributed by atoms with van der Waals surface area (Å²) in [5.41, 5.74) is 4.03. The third kappa shape index (κ3) is 4.48. The highest BCUT2D eigenvalue weighted by Gasteiger charge is 2.41. The average molecular weight is 448 g/mol. The number of amides is 1. The molecule has 6 nitrogen and oxygen atoms in total. The van der Waals surface area contributed by atoms with Crippen molar-refractivity contribution >= 4 is 28.8 Å². The molecule has 0 saturated heterocycles. The van der Waals surface area contributed by atoms with E-state index in [0.29, 0.717) is 24.2 Å². The number of nitrogens with one attached hydrogen (secondary N) is 1. The fourth-order valence-electron chi connectivity index (χ4n) is 3.89. The number of fused-ring (bicyclic) bond motifs is 1. The summed E-state index contributed by atoms with van der Waals surface area (Å²) in [4.78, 5) is 32.3. The van der Waals surface area contributed by atoms with Crippen molar-refractivity contribution in [2.24, 2.45) is 4.99 Å².